The molecule has 2 heterocycles. The minimum Gasteiger partial charge on any atom is -0.391 e. The highest BCUT2D eigenvalue weighted by Gasteiger charge is 2.44. The molecule has 10 nitrogen and oxygen atoms in total. The number of likely N-dealkylation sites (tertiary alicyclic amines) is 1. The normalized spacial score (nSPS) is 18.6. The van der Waals surface area contributed by atoms with Crippen LogP contribution in [0.2, 0.25) is 0 Å². The van der Waals surface area contributed by atoms with E-state index in [1.807, 2.05) is 58.9 Å². The summed E-state index contributed by atoms with van der Waals surface area (Å²) in [5.41, 5.74) is 3.84. The predicted octanol–water partition coefficient (Wildman–Crippen LogP) is 2.70. The average molecular weight is 572 g/mol. The fraction of sp³-hybridized carbons (Fsp3) is 0.552. The first-order valence-corrected chi connectivity index (χ1v) is 14.5. The van der Waals surface area contributed by atoms with Crippen molar-refractivity contribution in [3.05, 3.63) is 41.0 Å². The molecule has 1 saturated heterocycles. The molecule has 4 atom stereocenters. The number of aliphatic hydroxyl groups is 1. The fourth-order valence-electron chi connectivity index (χ4n) is 4.81. The molecule has 0 bridgehead atoms. The molecule has 1 unspecified atom stereocenters. The molecule has 3 rings (SSSR count). The lowest BCUT2D eigenvalue weighted by Gasteiger charge is -2.35. The Kier molecular flexibility index (Phi) is 10.4. The van der Waals surface area contributed by atoms with Crippen molar-refractivity contribution in [2.45, 2.75) is 85.0 Å². The van der Waals surface area contributed by atoms with Gasteiger partial charge in [-0.2, -0.15) is 0 Å². The second-order valence-electron chi connectivity index (χ2n) is 11.4. The number of aliphatic hydroxyl groups excluding tert-OH is 1. The van der Waals surface area contributed by atoms with Gasteiger partial charge in [0.05, 0.1) is 34.6 Å². The van der Waals surface area contributed by atoms with Gasteiger partial charge in [0.25, 0.3) is 0 Å². The summed E-state index contributed by atoms with van der Waals surface area (Å²) >= 11 is 1.54. The van der Waals surface area contributed by atoms with Crippen LogP contribution in [0.25, 0.3) is 10.4 Å². The number of rotatable bonds is 10. The first-order valence-electron chi connectivity index (χ1n) is 13.6. The Bertz CT molecular complexity index is 1210. The summed E-state index contributed by atoms with van der Waals surface area (Å²) < 4.78 is 0. The third-order valence-electron chi connectivity index (χ3n) is 6.92. The van der Waals surface area contributed by atoms with Crippen molar-refractivity contribution in [2.75, 3.05) is 13.1 Å². The minimum absolute atomic E-state index is 0.0183. The van der Waals surface area contributed by atoms with Gasteiger partial charge >= 0.3 is 0 Å². The summed E-state index contributed by atoms with van der Waals surface area (Å²) in [6.45, 7) is 11.2. The van der Waals surface area contributed by atoms with E-state index in [-0.39, 0.29) is 31.2 Å². The molecular formula is C29H41N5O5S. The van der Waals surface area contributed by atoms with Crippen molar-refractivity contribution in [2.24, 2.45) is 5.41 Å². The first kappa shape index (κ1) is 31.2. The topological polar surface area (TPSA) is 141 Å². The molecule has 4 N–H and O–H groups in total. The van der Waals surface area contributed by atoms with Crippen molar-refractivity contribution in [3.8, 4) is 10.4 Å². The van der Waals surface area contributed by atoms with Gasteiger partial charge in [-0.15, -0.1) is 11.3 Å². The Hall–Kier alpha value is -3.31. The first-order chi connectivity index (χ1) is 18.8. The number of carbonyl (C=O) groups is 4. The number of thiazole rings is 1. The molecule has 2 aromatic rings. The monoisotopic (exact) mass is 571 g/mol. The minimum atomic E-state index is -0.943. The Morgan fingerprint density at radius 3 is 2.38 bits per heavy atom. The second kappa shape index (κ2) is 13.4. The van der Waals surface area contributed by atoms with Gasteiger partial charge in [-0.05, 0) is 29.9 Å². The third-order valence-corrected chi connectivity index (χ3v) is 7.90. The number of carbonyl (C=O) groups excluding carboxylic acids is 4. The number of hydrogen-bond donors (Lipinski definition) is 4. The Labute approximate surface area is 239 Å². The quantitative estimate of drug-likeness (QED) is 0.346. The molecule has 11 heteroatoms. The predicted molar refractivity (Wildman–Crippen MR) is 154 cm³/mol. The Balaban J connectivity index is 1.85. The summed E-state index contributed by atoms with van der Waals surface area (Å²) in [6.07, 6.45) is -0.0192. The molecule has 1 aromatic carbocycles. The fourth-order valence-corrected chi connectivity index (χ4v) is 5.62. The summed E-state index contributed by atoms with van der Waals surface area (Å²) in [7, 11) is 0. The van der Waals surface area contributed by atoms with Gasteiger partial charge in [-0.25, -0.2) is 4.98 Å². The number of β-amino-alcohol motifs (C(OH)–C–C–N with tert-alkyl or cyclic N) is 1. The molecule has 0 saturated carbocycles. The van der Waals surface area contributed by atoms with E-state index < -0.39 is 41.5 Å². The van der Waals surface area contributed by atoms with E-state index in [9.17, 15) is 24.3 Å². The molecule has 0 spiro atoms. The maximum atomic E-state index is 13.6. The van der Waals surface area contributed by atoms with Crippen LogP contribution < -0.4 is 16.0 Å². The van der Waals surface area contributed by atoms with Gasteiger partial charge in [-0.3, -0.25) is 19.2 Å². The summed E-state index contributed by atoms with van der Waals surface area (Å²) in [5, 5.41) is 19.0. The van der Waals surface area contributed by atoms with Crippen molar-refractivity contribution in [1.29, 1.82) is 0 Å². The van der Waals surface area contributed by atoms with Crippen LogP contribution in [0.3, 0.4) is 0 Å². The van der Waals surface area contributed by atoms with Gasteiger partial charge in [0.1, 0.15) is 12.1 Å². The summed E-state index contributed by atoms with van der Waals surface area (Å²) in [6, 6.07) is 5.18. The van der Waals surface area contributed by atoms with Crippen molar-refractivity contribution < 1.29 is 24.3 Å². The number of hydrogen-bond acceptors (Lipinski definition) is 7. The number of nitrogens with one attached hydrogen (secondary N) is 3. The molecule has 1 fully saturated rings. The molecule has 4 amide bonds. The van der Waals surface area contributed by atoms with E-state index in [2.05, 4.69) is 20.9 Å². The summed E-state index contributed by atoms with van der Waals surface area (Å²) in [5.74, 6) is -1.45. The van der Waals surface area contributed by atoms with Crippen LogP contribution >= 0.6 is 11.3 Å². The van der Waals surface area contributed by atoms with Crippen LogP contribution in [0.1, 0.15) is 71.2 Å². The molecule has 1 aliphatic heterocycles. The number of aryl methyl sites for hydroxylation is 1. The van der Waals surface area contributed by atoms with E-state index in [1.165, 1.54) is 11.8 Å². The zero-order chi connectivity index (χ0) is 29.6. The van der Waals surface area contributed by atoms with Gasteiger partial charge in [-0.1, -0.05) is 52.0 Å². The van der Waals surface area contributed by atoms with Crippen LogP contribution in [-0.2, 0) is 19.2 Å². The molecular weight excluding hydrogens is 530 g/mol. The molecule has 1 aliphatic rings. The van der Waals surface area contributed by atoms with E-state index in [0.717, 1.165) is 28.1 Å². The van der Waals surface area contributed by atoms with Gasteiger partial charge in [0.15, 0.2) is 0 Å². The highest BCUT2D eigenvalue weighted by atomic mass is 32.1. The Morgan fingerprint density at radius 1 is 1.15 bits per heavy atom. The van der Waals surface area contributed by atoms with Crippen LogP contribution in [0.4, 0.5) is 0 Å². The van der Waals surface area contributed by atoms with Crippen molar-refractivity contribution in [3.63, 3.8) is 0 Å². The van der Waals surface area contributed by atoms with Crippen molar-refractivity contribution >= 4 is 35.0 Å². The van der Waals surface area contributed by atoms with E-state index in [0.29, 0.717) is 6.54 Å². The smallest absolute Gasteiger partial charge is 0.246 e. The third kappa shape index (κ3) is 7.88. The van der Waals surface area contributed by atoms with E-state index in [4.69, 9.17) is 0 Å². The van der Waals surface area contributed by atoms with Crippen LogP contribution in [0.5, 0.6) is 0 Å². The maximum absolute atomic E-state index is 13.6. The summed E-state index contributed by atoms with van der Waals surface area (Å²) in [4.78, 5) is 58.5. The highest BCUT2D eigenvalue weighted by Crippen LogP contribution is 2.30. The molecule has 0 aliphatic carbocycles. The Morgan fingerprint density at radius 2 is 1.82 bits per heavy atom. The van der Waals surface area contributed by atoms with Crippen LogP contribution in [0.15, 0.2) is 29.8 Å². The zero-order valence-corrected chi connectivity index (χ0v) is 24.9. The van der Waals surface area contributed by atoms with Crippen LogP contribution in [0, 0.1) is 12.3 Å². The molecule has 40 heavy (non-hydrogen) atoms. The van der Waals surface area contributed by atoms with Gasteiger partial charge in [0.2, 0.25) is 23.6 Å². The highest BCUT2D eigenvalue weighted by molar-refractivity contribution is 7.13. The number of benzene rings is 1. The zero-order valence-electron chi connectivity index (χ0n) is 24.1. The number of aromatic nitrogens is 1. The lowest BCUT2D eigenvalue weighted by Crippen LogP contribution is -2.57. The molecule has 1 aromatic heterocycles. The molecule has 0 radical (unpaired) electrons. The van der Waals surface area contributed by atoms with Gasteiger partial charge in [0, 0.05) is 26.4 Å². The second-order valence-corrected chi connectivity index (χ2v) is 12.3. The van der Waals surface area contributed by atoms with Crippen LogP contribution in [-0.4, -0.2) is 69.9 Å². The largest absolute Gasteiger partial charge is 0.391 e. The lowest BCUT2D eigenvalue weighted by molar-refractivity contribution is -0.144. The standard InChI is InChI=1S/C29H41N5O5S/c1-7-12-30-24(37)14-22(19-8-10-20(11-9-19)25-17(2)31-16-40-25)33-27(38)23-13-21(36)15-34(23)28(39)26(29(4,5)6)32-18(3)35/h8-11,16,21-23,26,36H,7,12-15H2,1-6H3,(H,30,37)(H,32,35)(H,33,38)/t21-,22+,23?,26-/m1/s1. The molecule has 218 valence electrons. The maximum Gasteiger partial charge on any atom is 0.246 e. The number of nitrogens with zero attached hydrogens (tertiary/aromatic N) is 2. The van der Waals surface area contributed by atoms with E-state index in [1.54, 1.807) is 16.8 Å². The van der Waals surface area contributed by atoms with Gasteiger partial charge < -0.3 is 26.0 Å². The van der Waals surface area contributed by atoms with Crippen molar-refractivity contribution in [1.82, 2.24) is 25.8 Å². The average Bonchev–Trinajstić information content (AvgIpc) is 3.50. The SMILES string of the molecule is CCCNC(=O)C[C@H](NC(=O)C1C[C@@H](O)CN1C(=O)[C@@H](NC(C)=O)C(C)(C)C)c1ccc(-c2scnc2C)cc1. The van der Waals surface area contributed by atoms with E-state index >= 15 is 0 Å². The lowest BCUT2D eigenvalue weighted by atomic mass is 9.85. The number of amides is 4.